The average molecular weight is 519 g/mol. The molecular formula is C28H30N4O6. The Morgan fingerprint density at radius 3 is 2.32 bits per heavy atom. The summed E-state index contributed by atoms with van der Waals surface area (Å²) < 4.78 is 33.5. The monoisotopic (exact) mass is 518 g/mol. The minimum Gasteiger partial charge on any atom is -0.497 e. The molecule has 1 N–H and O–H groups in total. The molecule has 198 valence electrons. The maximum Gasteiger partial charge on any atom is 0.266 e. The second-order valence-electron chi connectivity index (χ2n) is 8.51. The highest BCUT2D eigenvalue weighted by Crippen LogP contribution is 2.32. The molecule has 4 rings (SSSR count). The Morgan fingerprint density at radius 1 is 0.921 bits per heavy atom. The van der Waals surface area contributed by atoms with Crippen molar-refractivity contribution in [3.63, 3.8) is 0 Å². The predicted octanol–water partition coefficient (Wildman–Crippen LogP) is 5.13. The fourth-order valence-electron chi connectivity index (χ4n) is 3.87. The third-order valence-electron chi connectivity index (χ3n) is 5.92. The molecule has 0 spiro atoms. The molecule has 2 aromatic carbocycles. The van der Waals surface area contributed by atoms with Crippen LogP contribution in [0.2, 0.25) is 0 Å². The molecule has 38 heavy (non-hydrogen) atoms. The van der Waals surface area contributed by atoms with Gasteiger partial charge in [0.15, 0.2) is 17.3 Å². The van der Waals surface area contributed by atoms with Gasteiger partial charge in [0, 0.05) is 6.54 Å². The van der Waals surface area contributed by atoms with Crippen LogP contribution in [0.15, 0.2) is 63.4 Å². The summed E-state index contributed by atoms with van der Waals surface area (Å²) in [6, 6.07) is 18.6. The van der Waals surface area contributed by atoms with Gasteiger partial charge in [-0.25, -0.2) is 0 Å². The maximum atomic E-state index is 9.64. The SMILES string of the molecule is COc1ccc(OCc2ccc(-c3nc(C#N)c(NCC(c4ccc(OC)c(OC)c4)N(C)C)o3)o2)cc1. The first-order chi connectivity index (χ1) is 18.4. The van der Waals surface area contributed by atoms with E-state index in [2.05, 4.69) is 21.3 Å². The summed E-state index contributed by atoms with van der Waals surface area (Å²) in [5.74, 6) is 4.18. The van der Waals surface area contributed by atoms with E-state index < -0.39 is 0 Å². The molecule has 1 unspecified atom stereocenters. The number of rotatable bonds is 12. The number of aromatic nitrogens is 1. The average Bonchev–Trinajstić information content (AvgIpc) is 3.59. The van der Waals surface area contributed by atoms with Crippen molar-refractivity contribution < 1.29 is 27.8 Å². The van der Waals surface area contributed by atoms with Crippen LogP contribution in [-0.2, 0) is 6.61 Å². The number of nitriles is 1. The lowest BCUT2D eigenvalue weighted by Gasteiger charge is -2.25. The molecule has 2 aromatic heterocycles. The van der Waals surface area contributed by atoms with Crippen LogP contribution in [0, 0.1) is 11.3 Å². The number of likely N-dealkylation sites (N-methyl/N-ethyl adjacent to an activating group) is 1. The van der Waals surface area contributed by atoms with Gasteiger partial charge in [-0.05, 0) is 68.2 Å². The van der Waals surface area contributed by atoms with Crippen LogP contribution in [0.25, 0.3) is 11.7 Å². The zero-order chi connectivity index (χ0) is 27.1. The van der Waals surface area contributed by atoms with Gasteiger partial charge < -0.3 is 38.0 Å². The zero-order valence-electron chi connectivity index (χ0n) is 22.0. The molecule has 0 amide bonds. The van der Waals surface area contributed by atoms with Crippen LogP contribution in [0.4, 0.5) is 5.88 Å². The zero-order valence-corrected chi connectivity index (χ0v) is 22.0. The van der Waals surface area contributed by atoms with E-state index in [1.807, 2.05) is 56.6 Å². The summed E-state index contributed by atoms with van der Waals surface area (Å²) >= 11 is 0. The van der Waals surface area contributed by atoms with Crippen molar-refractivity contribution in [3.8, 4) is 40.7 Å². The summed E-state index contributed by atoms with van der Waals surface area (Å²) in [6.07, 6.45) is 0. The van der Waals surface area contributed by atoms with Crippen LogP contribution in [0.1, 0.15) is 23.1 Å². The first-order valence-electron chi connectivity index (χ1n) is 11.8. The van der Waals surface area contributed by atoms with Gasteiger partial charge in [-0.3, -0.25) is 0 Å². The highest BCUT2D eigenvalue weighted by molar-refractivity contribution is 5.55. The van der Waals surface area contributed by atoms with Crippen LogP contribution < -0.4 is 24.3 Å². The van der Waals surface area contributed by atoms with E-state index in [0.29, 0.717) is 35.3 Å². The van der Waals surface area contributed by atoms with E-state index >= 15 is 0 Å². The minimum atomic E-state index is -0.0554. The van der Waals surface area contributed by atoms with Crippen molar-refractivity contribution in [1.29, 1.82) is 5.26 Å². The number of furan rings is 1. The third-order valence-corrected chi connectivity index (χ3v) is 5.92. The van der Waals surface area contributed by atoms with Crippen molar-refractivity contribution >= 4 is 5.88 Å². The molecule has 2 heterocycles. The van der Waals surface area contributed by atoms with Crippen molar-refractivity contribution in [2.24, 2.45) is 0 Å². The van der Waals surface area contributed by atoms with E-state index in [0.717, 1.165) is 11.3 Å². The Labute approximate surface area is 221 Å². The Hall–Kier alpha value is -4.62. The van der Waals surface area contributed by atoms with E-state index in [9.17, 15) is 5.26 Å². The van der Waals surface area contributed by atoms with Crippen molar-refractivity contribution in [1.82, 2.24) is 9.88 Å². The number of methoxy groups -OCH3 is 3. The fraction of sp³-hybridized carbons (Fsp3) is 0.286. The number of oxazole rings is 1. The van der Waals surface area contributed by atoms with Crippen LogP contribution in [-0.4, -0.2) is 51.9 Å². The smallest absolute Gasteiger partial charge is 0.266 e. The normalized spacial score (nSPS) is 11.6. The Kier molecular flexibility index (Phi) is 8.40. The van der Waals surface area contributed by atoms with E-state index in [4.69, 9.17) is 27.8 Å². The van der Waals surface area contributed by atoms with Gasteiger partial charge in [-0.15, -0.1) is 0 Å². The summed E-state index contributed by atoms with van der Waals surface area (Å²) in [4.78, 5) is 6.36. The lowest BCUT2D eigenvalue weighted by atomic mass is 10.1. The van der Waals surface area contributed by atoms with E-state index in [-0.39, 0.29) is 30.1 Å². The molecule has 4 aromatic rings. The van der Waals surface area contributed by atoms with Crippen LogP contribution in [0.5, 0.6) is 23.0 Å². The topological polar surface area (TPSA) is 115 Å². The molecule has 0 aliphatic heterocycles. The largest absolute Gasteiger partial charge is 0.497 e. The van der Waals surface area contributed by atoms with Gasteiger partial charge in [0.1, 0.15) is 29.9 Å². The number of anilines is 1. The van der Waals surface area contributed by atoms with Gasteiger partial charge in [-0.2, -0.15) is 10.2 Å². The molecule has 0 fully saturated rings. The van der Waals surface area contributed by atoms with Crippen LogP contribution in [0.3, 0.4) is 0 Å². The van der Waals surface area contributed by atoms with Gasteiger partial charge in [0.2, 0.25) is 11.6 Å². The number of ether oxygens (including phenoxy) is 4. The molecule has 10 nitrogen and oxygen atoms in total. The highest BCUT2D eigenvalue weighted by Gasteiger charge is 2.21. The molecular weight excluding hydrogens is 488 g/mol. The number of nitrogens with zero attached hydrogens (tertiary/aromatic N) is 3. The Bertz CT molecular complexity index is 1390. The molecule has 0 radical (unpaired) electrons. The van der Waals surface area contributed by atoms with Gasteiger partial charge in [0.05, 0.1) is 27.4 Å². The molecule has 0 saturated carbocycles. The van der Waals surface area contributed by atoms with Gasteiger partial charge in [0.25, 0.3) is 5.89 Å². The van der Waals surface area contributed by atoms with Crippen LogP contribution >= 0.6 is 0 Å². The first-order valence-corrected chi connectivity index (χ1v) is 11.8. The predicted molar refractivity (Wildman–Crippen MR) is 141 cm³/mol. The number of nitrogens with one attached hydrogen (secondary N) is 1. The quantitative estimate of drug-likeness (QED) is 0.271. The third kappa shape index (κ3) is 6.02. The number of benzene rings is 2. The van der Waals surface area contributed by atoms with Crippen molar-refractivity contribution in [2.75, 3.05) is 47.3 Å². The Balaban J connectivity index is 1.45. The van der Waals surface area contributed by atoms with Crippen molar-refractivity contribution in [2.45, 2.75) is 12.6 Å². The minimum absolute atomic E-state index is 0.0554. The van der Waals surface area contributed by atoms with E-state index in [1.54, 1.807) is 33.5 Å². The standard InChI is InChI=1S/C28H30N4O6/c1-32(2)23(18-6-12-24(34-4)26(14-18)35-5)16-30-27-22(15-29)31-28(38-27)25-13-11-21(37-25)17-36-20-9-7-19(33-3)8-10-20/h6-14,23,30H,16-17H2,1-5H3. The van der Waals surface area contributed by atoms with Gasteiger partial charge >= 0.3 is 0 Å². The first kappa shape index (κ1) is 26.4. The summed E-state index contributed by atoms with van der Waals surface area (Å²) in [6.45, 7) is 0.671. The number of hydrogen-bond donors (Lipinski definition) is 1. The maximum absolute atomic E-state index is 9.64. The van der Waals surface area contributed by atoms with Crippen molar-refractivity contribution in [3.05, 3.63) is 71.6 Å². The molecule has 0 bridgehead atoms. The van der Waals surface area contributed by atoms with E-state index in [1.165, 1.54) is 0 Å². The molecule has 10 heteroatoms. The molecule has 0 saturated heterocycles. The number of hydrogen-bond acceptors (Lipinski definition) is 10. The van der Waals surface area contributed by atoms with Gasteiger partial charge in [-0.1, -0.05) is 6.07 Å². The Morgan fingerprint density at radius 2 is 1.66 bits per heavy atom. The summed E-state index contributed by atoms with van der Waals surface area (Å²) in [5, 5.41) is 12.9. The summed E-state index contributed by atoms with van der Waals surface area (Å²) in [5.41, 5.74) is 1.14. The lowest BCUT2D eigenvalue weighted by molar-refractivity contribution is 0.270. The second-order valence-corrected chi connectivity index (χ2v) is 8.51. The second kappa shape index (κ2) is 12.1. The molecule has 0 aliphatic carbocycles. The molecule has 1 atom stereocenters. The fourth-order valence-corrected chi connectivity index (χ4v) is 3.87. The molecule has 0 aliphatic rings. The lowest BCUT2D eigenvalue weighted by Crippen LogP contribution is -2.27. The highest BCUT2D eigenvalue weighted by atomic mass is 16.5. The summed E-state index contributed by atoms with van der Waals surface area (Å²) in [7, 11) is 8.76.